The summed E-state index contributed by atoms with van der Waals surface area (Å²) in [5.74, 6) is -0.820. The van der Waals surface area contributed by atoms with Crippen molar-refractivity contribution in [1.29, 1.82) is 0 Å². The lowest BCUT2D eigenvalue weighted by atomic mass is 9.84. The van der Waals surface area contributed by atoms with Crippen molar-refractivity contribution < 1.29 is 23.0 Å². The first-order chi connectivity index (χ1) is 10.6. The van der Waals surface area contributed by atoms with Gasteiger partial charge in [0.05, 0.1) is 0 Å². The molecule has 0 aliphatic carbocycles. The minimum atomic E-state index is -0.561. The standard InChI is InChI=1S/C16H11F2NO3/c17-8-1-2-12(18)10(3-8)9-5-16(20)19-13-6-15-14(4-11(9)13)21-7-22-15/h1-4,6,9H,5,7H2,(H,19,20). The Kier molecular flexibility index (Phi) is 2.79. The molecule has 0 fully saturated rings. The van der Waals surface area contributed by atoms with Crippen LogP contribution in [0.25, 0.3) is 0 Å². The average molecular weight is 303 g/mol. The van der Waals surface area contributed by atoms with Crippen LogP contribution in [0.1, 0.15) is 23.5 Å². The summed E-state index contributed by atoms with van der Waals surface area (Å²) in [6.07, 6.45) is 0.0486. The predicted octanol–water partition coefficient (Wildman–Crippen LogP) is 3.17. The summed E-state index contributed by atoms with van der Waals surface area (Å²) in [5, 5.41) is 2.73. The maximum Gasteiger partial charge on any atom is 0.231 e. The van der Waals surface area contributed by atoms with Gasteiger partial charge in [-0.15, -0.1) is 0 Å². The Balaban J connectivity index is 1.88. The highest BCUT2D eigenvalue weighted by Crippen LogP contribution is 2.45. The van der Waals surface area contributed by atoms with Crippen LogP contribution in [-0.2, 0) is 4.79 Å². The second-order valence-corrected chi connectivity index (χ2v) is 5.26. The molecule has 2 aliphatic rings. The monoisotopic (exact) mass is 303 g/mol. The minimum Gasteiger partial charge on any atom is -0.454 e. The molecular formula is C16H11F2NO3. The zero-order chi connectivity index (χ0) is 15.3. The van der Waals surface area contributed by atoms with E-state index in [0.717, 1.165) is 18.2 Å². The number of benzene rings is 2. The van der Waals surface area contributed by atoms with Crippen LogP contribution in [0, 0.1) is 11.6 Å². The van der Waals surface area contributed by atoms with Gasteiger partial charge in [0.2, 0.25) is 12.7 Å². The van der Waals surface area contributed by atoms with Crippen molar-refractivity contribution in [2.45, 2.75) is 12.3 Å². The molecule has 4 rings (SSSR count). The number of halogens is 2. The van der Waals surface area contributed by atoms with Gasteiger partial charge in [-0.25, -0.2) is 8.78 Å². The molecule has 2 aromatic carbocycles. The van der Waals surface area contributed by atoms with Crippen LogP contribution in [0.4, 0.5) is 14.5 Å². The van der Waals surface area contributed by atoms with Crippen molar-refractivity contribution >= 4 is 11.6 Å². The van der Waals surface area contributed by atoms with E-state index in [1.807, 2.05) is 0 Å². The second-order valence-electron chi connectivity index (χ2n) is 5.26. The fourth-order valence-corrected chi connectivity index (χ4v) is 2.91. The third kappa shape index (κ3) is 1.99. The van der Waals surface area contributed by atoms with Gasteiger partial charge in [-0.1, -0.05) is 0 Å². The van der Waals surface area contributed by atoms with Gasteiger partial charge in [0, 0.05) is 24.1 Å². The highest BCUT2D eigenvalue weighted by molar-refractivity contribution is 5.96. The Hall–Kier alpha value is -2.63. The summed E-state index contributed by atoms with van der Waals surface area (Å²) >= 11 is 0. The van der Waals surface area contributed by atoms with Gasteiger partial charge >= 0.3 is 0 Å². The number of hydrogen-bond donors (Lipinski definition) is 1. The first kappa shape index (κ1) is 13.1. The number of ether oxygens (including phenoxy) is 2. The molecule has 0 radical (unpaired) electrons. The summed E-state index contributed by atoms with van der Waals surface area (Å²) in [6, 6.07) is 6.63. The molecule has 0 saturated carbocycles. The van der Waals surface area contributed by atoms with E-state index in [-0.39, 0.29) is 24.7 Å². The summed E-state index contributed by atoms with van der Waals surface area (Å²) < 4.78 is 38.2. The van der Waals surface area contributed by atoms with Crippen molar-refractivity contribution in [3.8, 4) is 11.5 Å². The van der Waals surface area contributed by atoms with Crippen LogP contribution >= 0.6 is 0 Å². The molecule has 1 atom stereocenters. The van der Waals surface area contributed by atoms with E-state index in [2.05, 4.69) is 5.32 Å². The van der Waals surface area contributed by atoms with Crippen molar-refractivity contribution in [2.75, 3.05) is 12.1 Å². The van der Waals surface area contributed by atoms with E-state index in [0.29, 0.717) is 22.7 Å². The smallest absolute Gasteiger partial charge is 0.231 e. The van der Waals surface area contributed by atoms with Gasteiger partial charge in [0.1, 0.15) is 11.6 Å². The van der Waals surface area contributed by atoms with Crippen LogP contribution in [0.5, 0.6) is 11.5 Å². The number of hydrogen-bond acceptors (Lipinski definition) is 3. The zero-order valence-corrected chi connectivity index (χ0v) is 11.4. The van der Waals surface area contributed by atoms with E-state index in [1.54, 1.807) is 12.1 Å². The lowest BCUT2D eigenvalue weighted by molar-refractivity contribution is -0.116. The van der Waals surface area contributed by atoms with Crippen molar-refractivity contribution in [3.05, 3.63) is 53.1 Å². The summed E-state index contributed by atoms with van der Waals surface area (Å²) in [4.78, 5) is 11.9. The Bertz CT molecular complexity index is 791. The number of rotatable bonds is 1. The number of nitrogens with one attached hydrogen (secondary N) is 1. The van der Waals surface area contributed by atoms with E-state index >= 15 is 0 Å². The SMILES string of the molecule is O=C1CC(c2cc(F)ccc2F)c2cc3c(cc2N1)OCO3. The number of anilines is 1. The van der Waals surface area contributed by atoms with E-state index in [4.69, 9.17) is 9.47 Å². The first-order valence-corrected chi connectivity index (χ1v) is 6.80. The van der Waals surface area contributed by atoms with Crippen LogP contribution in [0.15, 0.2) is 30.3 Å². The van der Waals surface area contributed by atoms with Gasteiger partial charge in [-0.2, -0.15) is 0 Å². The molecular weight excluding hydrogens is 292 g/mol. The highest BCUT2D eigenvalue weighted by Gasteiger charge is 2.31. The second kappa shape index (κ2) is 4.69. The number of carbonyl (C=O) groups excluding carboxylic acids is 1. The molecule has 1 amide bonds. The molecule has 2 aromatic rings. The van der Waals surface area contributed by atoms with Gasteiger partial charge in [-0.05, 0) is 35.4 Å². The van der Waals surface area contributed by atoms with Gasteiger partial charge in [-0.3, -0.25) is 4.79 Å². The molecule has 4 nitrogen and oxygen atoms in total. The molecule has 0 aromatic heterocycles. The minimum absolute atomic E-state index is 0.0486. The quantitative estimate of drug-likeness (QED) is 0.880. The summed E-state index contributed by atoms with van der Waals surface area (Å²) in [5.41, 5.74) is 1.39. The first-order valence-electron chi connectivity index (χ1n) is 6.80. The van der Waals surface area contributed by atoms with E-state index < -0.39 is 17.6 Å². The lowest BCUT2D eigenvalue weighted by Crippen LogP contribution is -2.24. The molecule has 2 heterocycles. The van der Waals surface area contributed by atoms with Gasteiger partial charge in [0.15, 0.2) is 11.5 Å². The fourth-order valence-electron chi connectivity index (χ4n) is 2.91. The van der Waals surface area contributed by atoms with Gasteiger partial charge < -0.3 is 14.8 Å². The van der Waals surface area contributed by atoms with E-state index in [1.165, 1.54) is 0 Å². The fraction of sp³-hybridized carbons (Fsp3) is 0.188. The largest absolute Gasteiger partial charge is 0.454 e. The Morgan fingerprint density at radius 3 is 2.64 bits per heavy atom. The molecule has 1 N–H and O–H groups in total. The zero-order valence-electron chi connectivity index (χ0n) is 11.4. The van der Waals surface area contributed by atoms with Crippen molar-refractivity contribution in [3.63, 3.8) is 0 Å². The number of fused-ring (bicyclic) bond motifs is 2. The van der Waals surface area contributed by atoms with Crippen LogP contribution in [0.3, 0.4) is 0 Å². The van der Waals surface area contributed by atoms with E-state index in [9.17, 15) is 13.6 Å². The maximum absolute atomic E-state index is 14.1. The Morgan fingerprint density at radius 2 is 1.82 bits per heavy atom. The topological polar surface area (TPSA) is 47.6 Å². The molecule has 0 spiro atoms. The third-order valence-corrected chi connectivity index (χ3v) is 3.92. The lowest BCUT2D eigenvalue weighted by Gasteiger charge is -2.26. The van der Waals surface area contributed by atoms with Crippen LogP contribution in [-0.4, -0.2) is 12.7 Å². The Labute approximate surface area is 124 Å². The third-order valence-electron chi connectivity index (χ3n) is 3.92. The highest BCUT2D eigenvalue weighted by atomic mass is 19.1. The average Bonchev–Trinajstić information content (AvgIpc) is 2.94. The summed E-state index contributed by atoms with van der Waals surface area (Å²) in [7, 11) is 0. The normalized spacial score (nSPS) is 18.8. The van der Waals surface area contributed by atoms with Crippen LogP contribution < -0.4 is 14.8 Å². The summed E-state index contributed by atoms with van der Waals surface area (Å²) in [6.45, 7) is 0.102. The predicted molar refractivity (Wildman–Crippen MR) is 74.0 cm³/mol. The molecule has 112 valence electrons. The number of amides is 1. The van der Waals surface area contributed by atoms with Crippen molar-refractivity contribution in [1.82, 2.24) is 0 Å². The Morgan fingerprint density at radius 1 is 1.05 bits per heavy atom. The number of carbonyl (C=O) groups is 1. The van der Waals surface area contributed by atoms with Crippen LogP contribution in [0.2, 0.25) is 0 Å². The molecule has 0 bridgehead atoms. The van der Waals surface area contributed by atoms with Crippen molar-refractivity contribution in [2.24, 2.45) is 0 Å². The maximum atomic E-state index is 14.1. The molecule has 2 aliphatic heterocycles. The molecule has 22 heavy (non-hydrogen) atoms. The molecule has 6 heteroatoms. The van der Waals surface area contributed by atoms with Gasteiger partial charge in [0.25, 0.3) is 0 Å². The molecule has 0 saturated heterocycles. The molecule has 1 unspecified atom stereocenters.